The Morgan fingerprint density at radius 3 is 2.47 bits per heavy atom. The highest BCUT2D eigenvalue weighted by Gasteiger charge is 2.10. The Balaban J connectivity index is 3.71. The van der Waals surface area contributed by atoms with Crippen molar-refractivity contribution in [3.05, 3.63) is 0 Å². The fourth-order valence-electron chi connectivity index (χ4n) is 1.11. The van der Waals surface area contributed by atoms with Crippen molar-refractivity contribution in [1.29, 1.82) is 0 Å². The summed E-state index contributed by atoms with van der Waals surface area (Å²) in [7, 11) is -2.98. The average molecular weight is 236 g/mol. The van der Waals surface area contributed by atoms with E-state index in [4.69, 9.17) is 0 Å². The molecule has 0 aromatic heterocycles. The predicted molar refractivity (Wildman–Crippen MR) is 60.5 cm³/mol. The summed E-state index contributed by atoms with van der Waals surface area (Å²) in [5.41, 5.74) is 0. The minimum Gasteiger partial charge on any atom is -0.355 e. The Kier molecular flexibility index (Phi) is 6.51. The number of rotatable bonds is 7. The maximum absolute atomic E-state index is 11.1. The molecule has 0 heterocycles. The second kappa shape index (κ2) is 6.79. The zero-order valence-corrected chi connectivity index (χ0v) is 10.4. The maximum atomic E-state index is 11.1. The molecule has 6 heteroatoms. The van der Waals surface area contributed by atoms with E-state index in [1.165, 1.54) is 6.26 Å². The third-order valence-corrected chi connectivity index (χ3v) is 2.84. The van der Waals surface area contributed by atoms with Crippen LogP contribution in [0.25, 0.3) is 0 Å². The van der Waals surface area contributed by atoms with Gasteiger partial charge in [-0.2, -0.15) is 0 Å². The molecule has 0 radical (unpaired) electrons. The van der Waals surface area contributed by atoms with Crippen LogP contribution >= 0.6 is 0 Å². The molecule has 1 amide bonds. The normalized spacial score (nSPS) is 13.5. The Morgan fingerprint density at radius 2 is 2.00 bits per heavy atom. The van der Waals surface area contributed by atoms with Crippen molar-refractivity contribution < 1.29 is 13.2 Å². The second-order valence-electron chi connectivity index (χ2n) is 3.72. The van der Waals surface area contributed by atoms with Gasteiger partial charge in [0.15, 0.2) is 0 Å². The molecule has 5 nitrogen and oxygen atoms in total. The van der Waals surface area contributed by atoms with Crippen molar-refractivity contribution in [2.75, 3.05) is 25.1 Å². The molecule has 1 atom stereocenters. The molecule has 0 rings (SSSR count). The topological polar surface area (TPSA) is 75.3 Å². The fourth-order valence-corrected chi connectivity index (χ4v) is 2.13. The Bertz CT molecular complexity index is 288. The van der Waals surface area contributed by atoms with E-state index < -0.39 is 9.84 Å². The van der Waals surface area contributed by atoms with E-state index in [-0.39, 0.29) is 24.2 Å². The number of amides is 1. The number of hydrogen-bond donors (Lipinski definition) is 2. The van der Waals surface area contributed by atoms with Gasteiger partial charge in [0, 0.05) is 18.8 Å². The third kappa shape index (κ3) is 9.68. The first kappa shape index (κ1) is 14.4. The van der Waals surface area contributed by atoms with Crippen molar-refractivity contribution >= 4 is 15.7 Å². The van der Waals surface area contributed by atoms with Crippen LogP contribution in [0.3, 0.4) is 0 Å². The van der Waals surface area contributed by atoms with E-state index in [0.717, 1.165) is 6.42 Å². The Morgan fingerprint density at radius 1 is 1.40 bits per heavy atom. The molecule has 0 saturated carbocycles. The first-order chi connectivity index (χ1) is 6.85. The predicted octanol–water partition coefficient (Wildman–Crippen LogP) is -0.465. The maximum Gasteiger partial charge on any atom is 0.233 e. The van der Waals surface area contributed by atoms with Crippen molar-refractivity contribution in [3.8, 4) is 0 Å². The van der Waals surface area contributed by atoms with E-state index in [1.807, 2.05) is 6.92 Å². The molecule has 0 fully saturated rings. The van der Waals surface area contributed by atoms with Crippen molar-refractivity contribution in [3.63, 3.8) is 0 Å². The lowest BCUT2D eigenvalue weighted by atomic mass is 10.4. The summed E-state index contributed by atoms with van der Waals surface area (Å²) in [6.45, 7) is 4.53. The van der Waals surface area contributed by atoms with Gasteiger partial charge in [0.05, 0.1) is 12.3 Å². The van der Waals surface area contributed by atoms with Gasteiger partial charge in [-0.1, -0.05) is 6.92 Å². The Hall–Kier alpha value is -0.620. The van der Waals surface area contributed by atoms with Crippen molar-refractivity contribution in [1.82, 2.24) is 10.6 Å². The van der Waals surface area contributed by atoms with Gasteiger partial charge in [-0.15, -0.1) is 0 Å². The van der Waals surface area contributed by atoms with Gasteiger partial charge in [-0.05, 0) is 13.3 Å². The summed E-state index contributed by atoms with van der Waals surface area (Å²) < 4.78 is 21.8. The summed E-state index contributed by atoms with van der Waals surface area (Å²) in [4.78, 5) is 11.1. The molecule has 0 aromatic rings. The van der Waals surface area contributed by atoms with Crippen LogP contribution in [-0.2, 0) is 14.6 Å². The molecule has 0 saturated heterocycles. The molecule has 15 heavy (non-hydrogen) atoms. The fraction of sp³-hybridized carbons (Fsp3) is 0.889. The standard InChI is InChI=1S/C9H20N2O3S/c1-4-5-10-9(12)6-11-8(2)7-15(3,13)14/h8,11H,4-7H2,1-3H3,(H,10,12). The molecule has 0 aliphatic carbocycles. The van der Waals surface area contributed by atoms with E-state index in [1.54, 1.807) is 6.92 Å². The molecular formula is C9H20N2O3S. The van der Waals surface area contributed by atoms with E-state index in [9.17, 15) is 13.2 Å². The summed E-state index contributed by atoms with van der Waals surface area (Å²) in [5.74, 6) is -0.0502. The van der Waals surface area contributed by atoms with Crippen LogP contribution in [0.4, 0.5) is 0 Å². The van der Waals surface area contributed by atoms with Gasteiger partial charge in [-0.3, -0.25) is 4.79 Å². The zero-order chi connectivity index (χ0) is 11.9. The summed E-state index contributed by atoms with van der Waals surface area (Å²) in [6, 6.07) is -0.202. The molecule has 0 aliphatic rings. The van der Waals surface area contributed by atoms with E-state index >= 15 is 0 Å². The van der Waals surface area contributed by atoms with Crippen LogP contribution in [-0.4, -0.2) is 45.5 Å². The highest BCUT2D eigenvalue weighted by atomic mass is 32.2. The number of hydrogen-bond acceptors (Lipinski definition) is 4. The van der Waals surface area contributed by atoms with E-state index in [2.05, 4.69) is 10.6 Å². The third-order valence-electron chi connectivity index (χ3n) is 1.74. The quantitative estimate of drug-likeness (QED) is 0.627. The van der Waals surface area contributed by atoms with Crippen molar-refractivity contribution in [2.45, 2.75) is 26.3 Å². The number of sulfone groups is 1. The first-order valence-electron chi connectivity index (χ1n) is 5.03. The molecular weight excluding hydrogens is 216 g/mol. The van der Waals surface area contributed by atoms with Gasteiger partial charge >= 0.3 is 0 Å². The van der Waals surface area contributed by atoms with Crippen LogP contribution in [0.15, 0.2) is 0 Å². The van der Waals surface area contributed by atoms with Gasteiger partial charge in [0.25, 0.3) is 0 Å². The lowest BCUT2D eigenvalue weighted by molar-refractivity contribution is -0.120. The minimum absolute atomic E-state index is 0.0497. The smallest absolute Gasteiger partial charge is 0.233 e. The highest BCUT2D eigenvalue weighted by molar-refractivity contribution is 7.90. The van der Waals surface area contributed by atoms with Crippen LogP contribution in [0, 0.1) is 0 Å². The van der Waals surface area contributed by atoms with Gasteiger partial charge < -0.3 is 10.6 Å². The second-order valence-corrected chi connectivity index (χ2v) is 5.91. The lowest BCUT2D eigenvalue weighted by Gasteiger charge is -2.12. The van der Waals surface area contributed by atoms with Crippen LogP contribution in [0.1, 0.15) is 20.3 Å². The molecule has 1 unspecified atom stereocenters. The van der Waals surface area contributed by atoms with Crippen LogP contribution in [0.5, 0.6) is 0 Å². The largest absolute Gasteiger partial charge is 0.355 e. The molecule has 90 valence electrons. The molecule has 0 aliphatic heterocycles. The molecule has 2 N–H and O–H groups in total. The average Bonchev–Trinajstić information content (AvgIpc) is 2.08. The van der Waals surface area contributed by atoms with Gasteiger partial charge in [-0.25, -0.2) is 8.42 Å². The number of carbonyl (C=O) groups excluding carboxylic acids is 1. The zero-order valence-electron chi connectivity index (χ0n) is 9.54. The lowest BCUT2D eigenvalue weighted by Crippen LogP contribution is -2.40. The van der Waals surface area contributed by atoms with Crippen LogP contribution < -0.4 is 10.6 Å². The summed E-state index contributed by atoms with van der Waals surface area (Å²) in [6.07, 6.45) is 2.08. The summed E-state index contributed by atoms with van der Waals surface area (Å²) >= 11 is 0. The molecule has 0 spiro atoms. The van der Waals surface area contributed by atoms with Crippen LogP contribution in [0.2, 0.25) is 0 Å². The molecule has 0 aromatic carbocycles. The molecule has 0 bridgehead atoms. The van der Waals surface area contributed by atoms with E-state index in [0.29, 0.717) is 6.54 Å². The summed E-state index contributed by atoms with van der Waals surface area (Å²) in [5, 5.41) is 5.56. The SMILES string of the molecule is CCCNC(=O)CNC(C)CS(C)(=O)=O. The number of nitrogens with one attached hydrogen (secondary N) is 2. The monoisotopic (exact) mass is 236 g/mol. The minimum atomic E-state index is -2.98. The highest BCUT2D eigenvalue weighted by Crippen LogP contribution is 1.89. The number of carbonyl (C=O) groups is 1. The van der Waals surface area contributed by atoms with Crippen molar-refractivity contribution in [2.24, 2.45) is 0 Å². The van der Waals surface area contributed by atoms with Gasteiger partial charge in [0.1, 0.15) is 9.84 Å². The Labute approximate surface area is 91.5 Å². The van der Waals surface area contributed by atoms with Gasteiger partial charge in [0.2, 0.25) is 5.91 Å². The first-order valence-corrected chi connectivity index (χ1v) is 7.09.